The summed E-state index contributed by atoms with van der Waals surface area (Å²) in [6.45, 7) is 4.81. The molecule has 2 heterocycles. The number of benzene rings is 2. The standard InChI is InChI=1S/C21H22N2O/c1-17-7-5-6-10-20(17)22-12-11-19(16-22)21-23(13-14-24-21)15-18-8-3-2-4-9-18/h2-12,16,21H,13-15H2,1H3/t21-/m1/s1. The van der Waals surface area contributed by atoms with E-state index in [0.29, 0.717) is 0 Å². The van der Waals surface area contributed by atoms with E-state index in [-0.39, 0.29) is 6.23 Å². The van der Waals surface area contributed by atoms with Crippen LogP contribution in [0.4, 0.5) is 0 Å². The summed E-state index contributed by atoms with van der Waals surface area (Å²) < 4.78 is 8.20. The highest BCUT2D eigenvalue weighted by Gasteiger charge is 2.27. The summed E-state index contributed by atoms with van der Waals surface area (Å²) in [7, 11) is 0. The Kier molecular flexibility index (Phi) is 4.20. The van der Waals surface area contributed by atoms with Gasteiger partial charge in [0.2, 0.25) is 0 Å². The van der Waals surface area contributed by atoms with E-state index in [4.69, 9.17) is 4.74 Å². The molecule has 0 radical (unpaired) electrons. The smallest absolute Gasteiger partial charge is 0.138 e. The number of aryl methyl sites for hydroxylation is 1. The first-order valence-electron chi connectivity index (χ1n) is 8.45. The van der Waals surface area contributed by atoms with Crippen LogP contribution in [0.15, 0.2) is 73.1 Å². The molecule has 0 saturated carbocycles. The molecular weight excluding hydrogens is 296 g/mol. The molecular formula is C21H22N2O. The minimum Gasteiger partial charge on any atom is -0.357 e. The third-order valence-corrected chi connectivity index (χ3v) is 4.61. The average Bonchev–Trinajstić information content (AvgIpc) is 3.25. The number of nitrogens with zero attached hydrogens (tertiary/aromatic N) is 2. The van der Waals surface area contributed by atoms with Crippen LogP contribution in [-0.4, -0.2) is 22.6 Å². The highest BCUT2D eigenvalue weighted by molar-refractivity contribution is 5.41. The molecule has 4 rings (SSSR count). The van der Waals surface area contributed by atoms with Gasteiger partial charge in [-0.15, -0.1) is 0 Å². The van der Waals surface area contributed by atoms with Gasteiger partial charge in [-0.05, 0) is 30.2 Å². The lowest BCUT2D eigenvalue weighted by molar-refractivity contribution is 0.0288. The number of ether oxygens (including phenoxy) is 1. The lowest BCUT2D eigenvalue weighted by Gasteiger charge is -2.22. The van der Waals surface area contributed by atoms with Gasteiger partial charge in [0, 0.05) is 36.7 Å². The molecule has 2 aromatic carbocycles. The summed E-state index contributed by atoms with van der Waals surface area (Å²) in [5.41, 5.74) is 5.03. The molecule has 0 amide bonds. The molecule has 0 spiro atoms. The van der Waals surface area contributed by atoms with Crippen LogP contribution < -0.4 is 0 Å². The summed E-state index contributed by atoms with van der Waals surface area (Å²) in [5, 5.41) is 0. The maximum atomic E-state index is 6.02. The molecule has 1 atom stereocenters. The fourth-order valence-electron chi connectivity index (χ4n) is 3.35. The molecule has 0 aliphatic carbocycles. The van der Waals surface area contributed by atoms with Crippen molar-refractivity contribution in [1.29, 1.82) is 0 Å². The normalized spacial score (nSPS) is 18.1. The molecule has 1 aliphatic rings. The van der Waals surface area contributed by atoms with Gasteiger partial charge in [-0.2, -0.15) is 0 Å². The lowest BCUT2D eigenvalue weighted by atomic mass is 10.2. The molecule has 3 nitrogen and oxygen atoms in total. The van der Waals surface area contributed by atoms with Crippen LogP contribution in [0.5, 0.6) is 0 Å². The Bertz CT molecular complexity index is 809. The predicted molar refractivity (Wildman–Crippen MR) is 96.1 cm³/mol. The first-order chi connectivity index (χ1) is 11.8. The maximum Gasteiger partial charge on any atom is 0.138 e. The van der Waals surface area contributed by atoms with Crippen molar-refractivity contribution < 1.29 is 4.74 Å². The number of para-hydroxylation sites is 1. The first kappa shape index (κ1) is 15.2. The van der Waals surface area contributed by atoms with Crippen molar-refractivity contribution in [3.8, 4) is 5.69 Å². The molecule has 0 N–H and O–H groups in total. The molecule has 0 bridgehead atoms. The highest BCUT2D eigenvalue weighted by Crippen LogP contribution is 2.29. The quantitative estimate of drug-likeness (QED) is 0.713. The molecule has 3 heteroatoms. The van der Waals surface area contributed by atoms with Crippen molar-refractivity contribution in [2.24, 2.45) is 0 Å². The molecule has 122 valence electrons. The Morgan fingerprint density at radius 3 is 2.62 bits per heavy atom. The van der Waals surface area contributed by atoms with Crippen molar-refractivity contribution in [2.45, 2.75) is 19.7 Å². The van der Waals surface area contributed by atoms with Gasteiger partial charge in [-0.1, -0.05) is 48.5 Å². The van der Waals surface area contributed by atoms with Crippen LogP contribution in [0.1, 0.15) is 22.9 Å². The van der Waals surface area contributed by atoms with Crippen LogP contribution in [0.2, 0.25) is 0 Å². The highest BCUT2D eigenvalue weighted by atomic mass is 16.5. The topological polar surface area (TPSA) is 17.4 Å². The molecule has 1 fully saturated rings. The van der Waals surface area contributed by atoms with E-state index < -0.39 is 0 Å². The zero-order valence-electron chi connectivity index (χ0n) is 13.9. The van der Waals surface area contributed by atoms with E-state index >= 15 is 0 Å². The Morgan fingerprint density at radius 2 is 1.79 bits per heavy atom. The second-order valence-electron chi connectivity index (χ2n) is 6.32. The average molecular weight is 318 g/mol. The second kappa shape index (κ2) is 6.63. The predicted octanol–water partition coefficient (Wildman–Crippen LogP) is 4.32. The minimum atomic E-state index is 0.0375. The maximum absolute atomic E-state index is 6.02. The summed E-state index contributed by atoms with van der Waals surface area (Å²) in [6.07, 6.45) is 4.35. The summed E-state index contributed by atoms with van der Waals surface area (Å²) >= 11 is 0. The third-order valence-electron chi connectivity index (χ3n) is 4.61. The number of rotatable bonds is 4. The van der Waals surface area contributed by atoms with Gasteiger partial charge in [0.05, 0.1) is 6.61 Å². The Morgan fingerprint density at radius 1 is 1.00 bits per heavy atom. The van der Waals surface area contributed by atoms with E-state index in [1.807, 2.05) is 0 Å². The van der Waals surface area contributed by atoms with Crippen LogP contribution in [-0.2, 0) is 11.3 Å². The van der Waals surface area contributed by atoms with Gasteiger partial charge < -0.3 is 9.30 Å². The summed E-state index contributed by atoms with van der Waals surface area (Å²) in [4.78, 5) is 2.40. The van der Waals surface area contributed by atoms with Crippen LogP contribution in [0, 0.1) is 6.92 Å². The van der Waals surface area contributed by atoms with Crippen molar-refractivity contribution in [2.75, 3.05) is 13.2 Å². The lowest BCUT2D eigenvalue weighted by Crippen LogP contribution is -2.23. The van der Waals surface area contributed by atoms with E-state index in [1.165, 1.54) is 22.4 Å². The number of aromatic nitrogens is 1. The molecule has 1 saturated heterocycles. The van der Waals surface area contributed by atoms with Crippen molar-refractivity contribution >= 4 is 0 Å². The van der Waals surface area contributed by atoms with Gasteiger partial charge in [0.1, 0.15) is 6.23 Å². The Hall–Kier alpha value is -2.36. The van der Waals surface area contributed by atoms with Crippen LogP contribution >= 0.6 is 0 Å². The number of hydrogen-bond acceptors (Lipinski definition) is 2. The monoisotopic (exact) mass is 318 g/mol. The van der Waals surface area contributed by atoms with E-state index in [9.17, 15) is 0 Å². The number of hydrogen-bond donors (Lipinski definition) is 0. The third kappa shape index (κ3) is 3.01. The van der Waals surface area contributed by atoms with Crippen molar-refractivity contribution in [3.05, 3.63) is 89.7 Å². The summed E-state index contributed by atoms with van der Waals surface area (Å²) in [5.74, 6) is 0. The van der Waals surface area contributed by atoms with Crippen LogP contribution in [0.3, 0.4) is 0 Å². The summed E-state index contributed by atoms with van der Waals surface area (Å²) in [6, 6.07) is 21.2. The van der Waals surface area contributed by atoms with Gasteiger partial charge in [0.15, 0.2) is 0 Å². The molecule has 1 aromatic heterocycles. The molecule has 1 aliphatic heterocycles. The van der Waals surface area contributed by atoms with E-state index in [1.54, 1.807) is 0 Å². The Labute approximate surface area is 143 Å². The van der Waals surface area contributed by atoms with Gasteiger partial charge in [-0.3, -0.25) is 4.90 Å². The zero-order valence-corrected chi connectivity index (χ0v) is 13.9. The van der Waals surface area contributed by atoms with Gasteiger partial charge in [0.25, 0.3) is 0 Å². The zero-order chi connectivity index (χ0) is 16.4. The molecule has 3 aromatic rings. The van der Waals surface area contributed by atoms with E-state index in [2.05, 4.69) is 89.4 Å². The molecule has 24 heavy (non-hydrogen) atoms. The van der Waals surface area contributed by atoms with Gasteiger partial charge in [-0.25, -0.2) is 0 Å². The van der Waals surface area contributed by atoms with Crippen molar-refractivity contribution in [3.63, 3.8) is 0 Å². The largest absolute Gasteiger partial charge is 0.357 e. The van der Waals surface area contributed by atoms with Gasteiger partial charge >= 0.3 is 0 Å². The minimum absolute atomic E-state index is 0.0375. The second-order valence-corrected chi connectivity index (χ2v) is 6.32. The SMILES string of the molecule is Cc1ccccc1-n1ccc([C@H]2OCCN2Cc2ccccc2)c1. The Balaban J connectivity index is 1.56. The fourth-order valence-corrected chi connectivity index (χ4v) is 3.35. The van der Waals surface area contributed by atoms with Crippen molar-refractivity contribution in [1.82, 2.24) is 9.47 Å². The first-order valence-corrected chi connectivity index (χ1v) is 8.45. The molecule has 0 unspecified atom stereocenters. The fraction of sp³-hybridized carbons (Fsp3) is 0.238. The van der Waals surface area contributed by atoms with Crippen LogP contribution in [0.25, 0.3) is 5.69 Å². The van der Waals surface area contributed by atoms with E-state index in [0.717, 1.165) is 19.7 Å².